The summed E-state index contributed by atoms with van der Waals surface area (Å²) in [4.78, 5) is 28.9. The molecule has 1 aromatic heterocycles. The molecule has 3 aromatic rings. The Kier molecular flexibility index (Phi) is 4.75. The van der Waals surface area contributed by atoms with Crippen LogP contribution < -0.4 is 10.6 Å². The van der Waals surface area contributed by atoms with E-state index in [9.17, 15) is 9.59 Å². The summed E-state index contributed by atoms with van der Waals surface area (Å²) in [6, 6.07) is 14.1. The van der Waals surface area contributed by atoms with Gasteiger partial charge in [-0.15, -0.1) is 0 Å². The van der Waals surface area contributed by atoms with Gasteiger partial charge in [0.2, 0.25) is 5.91 Å². The predicted octanol–water partition coefficient (Wildman–Crippen LogP) is 3.30. The number of aromatic nitrogens is 1. The Hall–Kier alpha value is -3.21. The minimum absolute atomic E-state index is 0.261. The molecule has 2 N–H and O–H groups in total. The number of nitrogens with zero attached hydrogens (tertiary/aromatic N) is 1. The van der Waals surface area contributed by atoms with Crippen LogP contribution in [0.15, 0.2) is 60.9 Å². The summed E-state index contributed by atoms with van der Waals surface area (Å²) in [7, 11) is 0. The fourth-order valence-electron chi connectivity index (χ4n) is 2.64. The summed E-state index contributed by atoms with van der Waals surface area (Å²) in [5.74, 6) is -0.533. The molecule has 2 amide bonds. The van der Waals surface area contributed by atoms with Crippen LogP contribution in [0.1, 0.15) is 22.8 Å². The Bertz CT molecular complexity index is 932. The lowest BCUT2D eigenvalue weighted by Gasteiger charge is -2.16. The summed E-state index contributed by atoms with van der Waals surface area (Å²) in [5, 5.41) is 7.46. The minimum Gasteiger partial charge on any atom is -0.341 e. The van der Waals surface area contributed by atoms with Crippen molar-refractivity contribution in [3.8, 4) is 0 Å². The molecule has 0 bridgehead atoms. The number of hydrogen-bond donors (Lipinski definition) is 2. The van der Waals surface area contributed by atoms with Crippen molar-refractivity contribution in [2.75, 3.05) is 5.32 Å². The molecule has 3 rings (SSSR count). The normalized spacial score (nSPS) is 11.8. The van der Waals surface area contributed by atoms with Gasteiger partial charge in [-0.2, -0.15) is 0 Å². The summed E-state index contributed by atoms with van der Waals surface area (Å²) >= 11 is 0. The molecule has 1 atom stereocenters. The van der Waals surface area contributed by atoms with Crippen molar-refractivity contribution in [3.05, 3.63) is 72.1 Å². The van der Waals surface area contributed by atoms with Gasteiger partial charge >= 0.3 is 0 Å². The molecule has 1 heterocycles. The van der Waals surface area contributed by atoms with E-state index in [1.54, 1.807) is 31.5 Å². The monoisotopic (exact) mass is 333 g/mol. The summed E-state index contributed by atoms with van der Waals surface area (Å²) in [5.41, 5.74) is 2.13. The Labute approximate surface area is 146 Å². The molecule has 0 aliphatic rings. The molecule has 0 radical (unpaired) electrons. The van der Waals surface area contributed by atoms with E-state index in [1.165, 1.54) is 0 Å². The second kappa shape index (κ2) is 7.13. The van der Waals surface area contributed by atoms with Crippen molar-refractivity contribution < 1.29 is 9.59 Å². The zero-order valence-electron chi connectivity index (χ0n) is 14.1. The Morgan fingerprint density at radius 1 is 1.04 bits per heavy atom. The maximum Gasteiger partial charge on any atom is 0.252 e. The van der Waals surface area contributed by atoms with Crippen molar-refractivity contribution in [3.63, 3.8) is 0 Å². The molecule has 1 unspecified atom stereocenters. The first-order valence-corrected chi connectivity index (χ1v) is 8.06. The summed E-state index contributed by atoms with van der Waals surface area (Å²) in [6.07, 6.45) is 3.43. The second-order valence-corrected chi connectivity index (χ2v) is 5.90. The van der Waals surface area contributed by atoms with Crippen molar-refractivity contribution >= 4 is 28.3 Å². The van der Waals surface area contributed by atoms with Gasteiger partial charge in [-0.1, -0.05) is 30.3 Å². The van der Waals surface area contributed by atoms with E-state index in [2.05, 4.69) is 15.6 Å². The van der Waals surface area contributed by atoms with E-state index >= 15 is 0 Å². The van der Waals surface area contributed by atoms with E-state index < -0.39 is 6.04 Å². The molecule has 126 valence electrons. The fourth-order valence-corrected chi connectivity index (χ4v) is 2.64. The minimum atomic E-state index is -0.663. The number of rotatable bonds is 4. The van der Waals surface area contributed by atoms with Crippen LogP contribution in [0.2, 0.25) is 0 Å². The predicted molar refractivity (Wildman–Crippen MR) is 98.5 cm³/mol. The highest BCUT2D eigenvalue weighted by molar-refractivity contribution is 6.05. The summed E-state index contributed by atoms with van der Waals surface area (Å²) < 4.78 is 0. The fraction of sp³-hybridized carbons (Fsp3) is 0.150. The molecule has 0 saturated heterocycles. The average Bonchev–Trinajstić information content (AvgIpc) is 2.62. The van der Waals surface area contributed by atoms with E-state index in [0.717, 1.165) is 16.3 Å². The van der Waals surface area contributed by atoms with Crippen LogP contribution in [0, 0.1) is 6.92 Å². The number of benzene rings is 2. The average molecular weight is 333 g/mol. The topological polar surface area (TPSA) is 71.1 Å². The highest BCUT2D eigenvalue weighted by Gasteiger charge is 2.18. The number of amides is 2. The SMILES string of the molecule is Cc1ccccc1C(=O)NC(C)C(=O)Nc1cccc2cnccc12. The second-order valence-electron chi connectivity index (χ2n) is 5.90. The van der Waals surface area contributed by atoms with Crippen molar-refractivity contribution in [1.82, 2.24) is 10.3 Å². The van der Waals surface area contributed by atoms with Gasteiger partial charge in [-0.25, -0.2) is 0 Å². The first kappa shape index (κ1) is 16.6. The number of carbonyl (C=O) groups excluding carboxylic acids is 2. The lowest BCUT2D eigenvalue weighted by molar-refractivity contribution is -0.117. The quantitative estimate of drug-likeness (QED) is 0.769. The van der Waals surface area contributed by atoms with Crippen LogP contribution in [0.25, 0.3) is 10.8 Å². The number of carbonyl (C=O) groups is 2. The van der Waals surface area contributed by atoms with E-state index in [4.69, 9.17) is 0 Å². The van der Waals surface area contributed by atoms with Gasteiger partial charge in [0.1, 0.15) is 6.04 Å². The third kappa shape index (κ3) is 3.66. The van der Waals surface area contributed by atoms with Crippen LogP contribution in [-0.2, 0) is 4.79 Å². The van der Waals surface area contributed by atoms with Crippen molar-refractivity contribution in [2.45, 2.75) is 19.9 Å². The molecular weight excluding hydrogens is 314 g/mol. The number of anilines is 1. The number of fused-ring (bicyclic) bond motifs is 1. The smallest absolute Gasteiger partial charge is 0.252 e. The van der Waals surface area contributed by atoms with Crippen LogP contribution in [0.4, 0.5) is 5.69 Å². The van der Waals surface area contributed by atoms with Gasteiger partial charge in [0, 0.05) is 34.4 Å². The van der Waals surface area contributed by atoms with Crippen LogP contribution in [-0.4, -0.2) is 22.8 Å². The van der Waals surface area contributed by atoms with Crippen LogP contribution in [0.3, 0.4) is 0 Å². The lowest BCUT2D eigenvalue weighted by Crippen LogP contribution is -2.41. The molecule has 0 saturated carbocycles. The highest BCUT2D eigenvalue weighted by atomic mass is 16.2. The highest BCUT2D eigenvalue weighted by Crippen LogP contribution is 2.22. The zero-order chi connectivity index (χ0) is 17.8. The van der Waals surface area contributed by atoms with Gasteiger partial charge in [-0.3, -0.25) is 14.6 Å². The third-order valence-corrected chi connectivity index (χ3v) is 4.07. The number of aryl methyl sites for hydroxylation is 1. The van der Waals surface area contributed by atoms with Crippen LogP contribution in [0.5, 0.6) is 0 Å². The maximum atomic E-state index is 12.5. The molecule has 0 spiro atoms. The van der Waals surface area contributed by atoms with Gasteiger partial charge in [-0.05, 0) is 37.6 Å². The van der Waals surface area contributed by atoms with E-state index in [-0.39, 0.29) is 11.8 Å². The zero-order valence-corrected chi connectivity index (χ0v) is 14.1. The van der Waals surface area contributed by atoms with Crippen molar-refractivity contribution in [2.24, 2.45) is 0 Å². The number of hydrogen-bond acceptors (Lipinski definition) is 3. The lowest BCUT2D eigenvalue weighted by atomic mass is 10.1. The first-order valence-electron chi connectivity index (χ1n) is 8.06. The molecule has 0 aliphatic heterocycles. The largest absolute Gasteiger partial charge is 0.341 e. The van der Waals surface area contributed by atoms with Gasteiger partial charge in [0.15, 0.2) is 0 Å². The third-order valence-electron chi connectivity index (χ3n) is 4.07. The first-order chi connectivity index (χ1) is 12.1. The molecule has 0 fully saturated rings. The van der Waals surface area contributed by atoms with E-state index in [1.807, 2.05) is 43.3 Å². The number of pyridine rings is 1. The van der Waals surface area contributed by atoms with E-state index in [0.29, 0.717) is 11.3 Å². The molecule has 0 aliphatic carbocycles. The van der Waals surface area contributed by atoms with Gasteiger partial charge in [0.05, 0.1) is 0 Å². The Morgan fingerprint density at radius 3 is 2.64 bits per heavy atom. The maximum absolute atomic E-state index is 12.5. The molecule has 5 nitrogen and oxygen atoms in total. The molecular formula is C20H19N3O2. The standard InChI is InChI=1S/C20H19N3O2/c1-13-6-3-4-8-16(13)20(25)22-14(2)19(24)23-18-9-5-7-15-12-21-11-10-17(15)18/h3-12,14H,1-2H3,(H,22,25)(H,23,24). The molecule has 25 heavy (non-hydrogen) atoms. The Balaban J connectivity index is 1.72. The van der Waals surface area contributed by atoms with Crippen LogP contribution >= 0.6 is 0 Å². The number of nitrogens with one attached hydrogen (secondary N) is 2. The Morgan fingerprint density at radius 2 is 1.84 bits per heavy atom. The van der Waals surface area contributed by atoms with Crippen molar-refractivity contribution in [1.29, 1.82) is 0 Å². The molecule has 2 aromatic carbocycles. The van der Waals surface area contributed by atoms with Gasteiger partial charge in [0.25, 0.3) is 5.91 Å². The van der Waals surface area contributed by atoms with Gasteiger partial charge < -0.3 is 10.6 Å². The molecule has 5 heteroatoms. The summed E-state index contributed by atoms with van der Waals surface area (Å²) in [6.45, 7) is 3.53.